The number of benzene rings is 1. The molecule has 5 heteroatoms. The molecule has 0 saturated heterocycles. The Morgan fingerprint density at radius 2 is 2.05 bits per heavy atom. The lowest BCUT2D eigenvalue weighted by Crippen LogP contribution is -1.94. The molecule has 0 amide bonds. The summed E-state index contributed by atoms with van der Waals surface area (Å²) in [6.45, 7) is 0. The van der Waals surface area contributed by atoms with Gasteiger partial charge in [0.2, 0.25) is 0 Å². The van der Waals surface area contributed by atoms with Gasteiger partial charge in [0.25, 0.3) is 0 Å². The molecule has 1 heterocycles. The summed E-state index contributed by atoms with van der Waals surface area (Å²) in [5.41, 5.74) is 3.19. The first-order valence-corrected chi connectivity index (χ1v) is 7.22. The van der Waals surface area contributed by atoms with Crippen LogP contribution in [0.25, 0.3) is 0 Å². The molecule has 0 radical (unpaired) electrons. The van der Waals surface area contributed by atoms with E-state index in [9.17, 15) is 4.79 Å². The second-order valence-corrected chi connectivity index (χ2v) is 5.81. The third-order valence-corrected chi connectivity index (χ3v) is 4.51. The molecule has 0 bridgehead atoms. The van der Waals surface area contributed by atoms with Crippen LogP contribution in [0.4, 0.5) is 0 Å². The first-order chi connectivity index (χ1) is 9.28. The van der Waals surface area contributed by atoms with E-state index in [0.717, 1.165) is 11.3 Å². The smallest absolute Gasteiger partial charge is 0.155 e. The summed E-state index contributed by atoms with van der Waals surface area (Å²) in [4.78, 5) is 20.1. The SMILES string of the molecule is O=Cc1c(Cl)ncnc1Sc1ccc2c(c1)CCC2. The molecular weight excluding hydrogens is 280 g/mol. The van der Waals surface area contributed by atoms with Crippen LogP contribution in [0.15, 0.2) is 34.4 Å². The number of aromatic nitrogens is 2. The fourth-order valence-electron chi connectivity index (χ4n) is 2.26. The summed E-state index contributed by atoms with van der Waals surface area (Å²) in [6, 6.07) is 6.41. The molecule has 0 fully saturated rings. The van der Waals surface area contributed by atoms with Crippen LogP contribution in [0.2, 0.25) is 5.15 Å². The first-order valence-electron chi connectivity index (χ1n) is 6.03. The van der Waals surface area contributed by atoms with Gasteiger partial charge in [-0.25, -0.2) is 9.97 Å². The predicted molar refractivity (Wildman–Crippen MR) is 75.0 cm³/mol. The highest BCUT2D eigenvalue weighted by Gasteiger charge is 2.14. The van der Waals surface area contributed by atoms with E-state index < -0.39 is 0 Å². The van der Waals surface area contributed by atoms with Crippen LogP contribution in [0.1, 0.15) is 27.9 Å². The number of hydrogen-bond acceptors (Lipinski definition) is 4. The van der Waals surface area contributed by atoms with E-state index in [1.54, 1.807) is 0 Å². The van der Waals surface area contributed by atoms with Gasteiger partial charge in [-0.1, -0.05) is 29.4 Å². The van der Waals surface area contributed by atoms with Crippen molar-refractivity contribution in [3.05, 3.63) is 46.4 Å². The second kappa shape index (κ2) is 5.31. The maximum Gasteiger partial charge on any atom is 0.155 e. The monoisotopic (exact) mass is 290 g/mol. The molecule has 1 aromatic heterocycles. The van der Waals surface area contributed by atoms with Gasteiger partial charge in [0.15, 0.2) is 6.29 Å². The largest absolute Gasteiger partial charge is 0.298 e. The zero-order valence-electron chi connectivity index (χ0n) is 10.1. The molecule has 1 aliphatic rings. The minimum Gasteiger partial charge on any atom is -0.298 e. The normalized spacial score (nSPS) is 13.3. The summed E-state index contributed by atoms with van der Waals surface area (Å²) >= 11 is 7.35. The summed E-state index contributed by atoms with van der Waals surface area (Å²) in [5, 5.41) is 0.807. The van der Waals surface area contributed by atoms with E-state index >= 15 is 0 Å². The molecule has 0 unspecified atom stereocenters. The van der Waals surface area contributed by atoms with Gasteiger partial charge in [-0.2, -0.15) is 0 Å². The molecule has 96 valence electrons. The standard InChI is InChI=1S/C14H11ClN2OS/c15-13-12(7-18)14(17-8-16-13)19-11-5-4-9-2-1-3-10(9)6-11/h4-8H,1-3H2. The third kappa shape index (κ3) is 2.51. The first kappa shape index (κ1) is 12.6. The minimum absolute atomic E-state index is 0.202. The Balaban J connectivity index is 1.93. The van der Waals surface area contributed by atoms with Crippen molar-refractivity contribution in [2.75, 3.05) is 0 Å². The molecule has 0 N–H and O–H groups in total. The lowest BCUT2D eigenvalue weighted by molar-refractivity contribution is 0.112. The number of carbonyl (C=O) groups is 1. The van der Waals surface area contributed by atoms with Crippen molar-refractivity contribution < 1.29 is 4.79 Å². The molecular formula is C14H11ClN2OS. The molecule has 2 aromatic rings. The number of rotatable bonds is 3. The molecule has 1 aliphatic carbocycles. The number of aldehydes is 1. The zero-order valence-corrected chi connectivity index (χ0v) is 11.7. The van der Waals surface area contributed by atoms with Gasteiger partial charge in [-0.05, 0) is 42.5 Å². The fraction of sp³-hybridized carbons (Fsp3) is 0.214. The van der Waals surface area contributed by atoms with Crippen LogP contribution >= 0.6 is 23.4 Å². The third-order valence-electron chi connectivity index (χ3n) is 3.20. The lowest BCUT2D eigenvalue weighted by Gasteiger charge is -2.06. The van der Waals surface area contributed by atoms with Gasteiger partial charge < -0.3 is 0 Å². The van der Waals surface area contributed by atoms with Gasteiger partial charge in [0.05, 0.1) is 5.56 Å². The number of carbonyl (C=O) groups excluding carboxylic acids is 1. The topological polar surface area (TPSA) is 42.9 Å². The Hall–Kier alpha value is -1.39. The molecule has 0 saturated carbocycles. The van der Waals surface area contributed by atoms with Crippen LogP contribution in [0.5, 0.6) is 0 Å². The summed E-state index contributed by atoms with van der Waals surface area (Å²) in [5.74, 6) is 0. The fourth-order valence-corrected chi connectivity index (χ4v) is 3.41. The molecule has 3 rings (SSSR count). The summed E-state index contributed by atoms with van der Waals surface area (Å²) in [6.07, 6.45) is 5.61. The summed E-state index contributed by atoms with van der Waals surface area (Å²) < 4.78 is 0. The Morgan fingerprint density at radius 1 is 1.21 bits per heavy atom. The van der Waals surface area contributed by atoms with Gasteiger partial charge in [0.1, 0.15) is 16.5 Å². The average molecular weight is 291 g/mol. The highest BCUT2D eigenvalue weighted by atomic mass is 35.5. The number of aryl methyl sites for hydroxylation is 2. The predicted octanol–water partition coefficient (Wildman–Crippen LogP) is 3.58. The van der Waals surface area contributed by atoms with Crippen molar-refractivity contribution in [2.24, 2.45) is 0 Å². The van der Waals surface area contributed by atoms with Crippen LogP contribution in [0, 0.1) is 0 Å². The van der Waals surface area contributed by atoms with E-state index in [-0.39, 0.29) is 5.15 Å². The van der Waals surface area contributed by atoms with Crippen molar-refractivity contribution in [3.63, 3.8) is 0 Å². The van der Waals surface area contributed by atoms with Crippen LogP contribution in [-0.2, 0) is 12.8 Å². The number of nitrogens with zero attached hydrogens (tertiary/aromatic N) is 2. The Morgan fingerprint density at radius 3 is 2.89 bits per heavy atom. The van der Waals surface area contributed by atoms with Crippen molar-refractivity contribution in [1.29, 1.82) is 0 Å². The highest BCUT2D eigenvalue weighted by Crippen LogP contribution is 2.33. The van der Waals surface area contributed by atoms with E-state index in [1.807, 2.05) is 0 Å². The number of fused-ring (bicyclic) bond motifs is 1. The van der Waals surface area contributed by atoms with Gasteiger partial charge >= 0.3 is 0 Å². The molecule has 19 heavy (non-hydrogen) atoms. The van der Waals surface area contributed by atoms with E-state index in [2.05, 4.69) is 28.2 Å². The Bertz CT molecular complexity index is 645. The van der Waals surface area contributed by atoms with Crippen LogP contribution < -0.4 is 0 Å². The summed E-state index contributed by atoms with van der Waals surface area (Å²) in [7, 11) is 0. The quantitative estimate of drug-likeness (QED) is 0.640. The van der Waals surface area contributed by atoms with Crippen LogP contribution in [-0.4, -0.2) is 16.3 Å². The van der Waals surface area contributed by atoms with Crippen LogP contribution in [0.3, 0.4) is 0 Å². The second-order valence-electron chi connectivity index (χ2n) is 4.39. The maximum atomic E-state index is 11.0. The zero-order chi connectivity index (χ0) is 13.2. The molecule has 0 atom stereocenters. The van der Waals surface area contributed by atoms with E-state index in [1.165, 1.54) is 42.1 Å². The number of hydrogen-bond donors (Lipinski definition) is 0. The molecule has 1 aromatic carbocycles. The van der Waals surface area contributed by atoms with Crippen molar-refractivity contribution in [1.82, 2.24) is 9.97 Å². The lowest BCUT2D eigenvalue weighted by atomic mass is 10.1. The van der Waals surface area contributed by atoms with Gasteiger partial charge in [-0.15, -0.1) is 0 Å². The van der Waals surface area contributed by atoms with Gasteiger partial charge in [-0.3, -0.25) is 4.79 Å². The van der Waals surface area contributed by atoms with Crippen molar-refractivity contribution >= 4 is 29.6 Å². The van der Waals surface area contributed by atoms with E-state index in [4.69, 9.17) is 11.6 Å². The Kier molecular flexibility index (Phi) is 3.53. The van der Waals surface area contributed by atoms with Crippen molar-refractivity contribution in [2.45, 2.75) is 29.2 Å². The average Bonchev–Trinajstić information content (AvgIpc) is 2.86. The maximum absolute atomic E-state index is 11.0. The van der Waals surface area contributed by atoms with E-state index in [0.29, 0.717) is 16.9 Å². The van der Waals surface area contributed by atoms with Gasteiger partial charge in [0, 0.05) is 4.90 Å². The Labute approximate surface area is 120 Å². The molecule has 0 spiro atoms. The minimum atomic E-state index is 0.202. The highest BCUT2D eigenvalue weighted by molar-refractivity contribution is 7.99. The number of halogens is 1. The molecule has 0 aliphatic heterocycles. The molecule has 3 nitrogen and oxygen atoms in total. The van der Waals surface area contributed by atoms with Crippen molar-refractivity contribution in [3.8, 4) is 0 Å².